The average Bonchev–Trinajstić information content (AvgIpc) is 2.93. The minimum atomic E-state index is -0.439. The molecule has 1 amide bonds. The predicted octanol–water partition coefficient (Wildman–Crippen LogP) is 3.07. The van der Waals surface area contributed by atoms with Crippen LogP contribution in [0.1, 0.15) is 33.8 Å². The van der Waals surface area contributed by atoms with E-state index in [4.69, 9.17) is 18.0 Å². The fourth-order valence-electron chi connectivity index (χ4n) is 1.97. The molecule has 3 N–H and O–H groups in total. The van der Waals surface area contributed by atoms with Crippen molar-refractivity contribution >= 4 is 34.5 Å². The maximum absolute atomic E-state index is 12.4. The van der Waals surface area contributed by atoms with E-state index < -0.39 is 6.04 Å². The minimum Gasteiger partial charge on any atom is -0.391 e. The Morgan fingerprint density at radius 3 is 2.65 bits per heavy atom. The molecule has 1 aromatic carbocycles. The van der Waals surface area contributed by atoms with Gasteiger partial charge in [0, 0.05) is 0 Å². The number of thiocarbonyl (C=S) groups is 1. The summed E-state index contributed by atoms with van der Waals surface area (Å²) in [6.07, 6.45) is 0.829. The highest BCUT2D eigenvalue weighted by molar-refractivity contribution is 7.80. The SMILES string of the molecule is CCc1ccsc1C(=O)NC(C(N)=S)c1ccccc1. The number of thiophene rings is 1. The van der Waals surface area contributed by atoms with Gasteiger partial charge in [0.15, 0.2) is 0 Å². The summed E-state index contributed by atoms with van der Waals surface area (Å²) in [6, 6.07) is 11.0. The van der Waals surface area contributed by atoms with Crippen LogP contribution in [0.15, 0.2) is 41.8 Å². The molecule has 1 aromatic heterocycles. The molecule has 0 radical (unpaired) electrons. The minimum absolute atomic E-state index is 0.126. The summed E-state index contributed by atoms with van der Waals surface area (Å²) >= 11 is 6.51. The van der Waals surface area contributed by atoms with Crippen molar-refractivity contribution in [1.29, 1.82) is 0 Å². The number of rotatable bonds is 5. The predicted molar refractivity (Wildman–Crippen MR) is 87.1 cm³/mol. The Labute approximate surface area is 127 Å². The number of hydrogen-bond acceptors (Lipinski definition) is 3. The molecule has 5 heteroatoms. The molecule has 1 atom stereocenters. The van der Waals surface area contributed by atoms with E-state index in [1.165, 1.54) is 11.3 Å². The second-order valence-corrected chi connectivity index (χ2v) is 5.74. The molecule has 2 aromatic rings. The number of aryl methyl sites for hydroxylation is 1. The van der Waals surface area contributed by atoms with Crippen LogP contribution in [-0.4, -0.2) is 10.9 Å². The largest absolute Gasteiger partial charge is 0.391 e. The zero-order valence-corrected chi connectivity index (χ0v) is 12.8. The summed E-state index contributed by atoms with van der Waals surface area (Å²) in [6.45, 7) is 2.03. The molecule has 104 valence electrons. The van der Waals surface area contributed by atoms with Gasteiger partial charge in [-0.15, -0.1) is 11.3 Å². The molecular formula is C15H16N2OS2. The first-order valence-electron chi connectivity index (χ1n) is 6.35. The molecule has 0 aliphatic rings. The highest BCUT2D eigenvalue weighted by Crippen LogP contribution is 2.20. The molecule has 1 heterocycles. The number of amides is 1. The summed E-state index contributed by atoms with van der Waals surface area (Å²) in [5, 5.41) is 4.84. The molecule has 0 fully saturated rings. The normalized spacial score (nSPS) is 11.8. The Morgan fingerprint density at radius 1 is 1.35 bits per heavy atom. The van der Waals surface area contributed by atoms with Crippen molar-refractivity contribution in [1.82, 2.24) is 5.32 Å². The first kappa shape index (κ1) is 14.7. The average molecular weight is 304 g/mol. The quantitative estimate of drug-likeness (QED) is 0.835. The van der Waals surface area contributed by atoms with E-state index in [2.05, 4.69) is 5.32 Å². The van der Waals surface area contributed by atoms with Gasteiger partial charge < -0.3 is 11.1 Å². The van der Waals surface area contributed by atoms with Crippen LogP contribution >= 0.6 is 23.6 Å². The number of carbonyl (C=O) groups is 1. The van der Waals surface area contributed by atoms with E-state index in [-0.39, 0.29) is 10.9 Å². The summed E-state index contributed by atoms with van der Waals surface area (Å²) in [7, 11) is 0. The van der Waals surface area contributed by atoms with Gasteiger partial charge >= 0.3 is 0 Å². The van der Waals surface area contributed by atoms with Crippen molar-refractivity contribution in [3.63, 3.8) is 0 Å². The van der Waals surface area contributed by atoms with Gasteiger partial charge in [0.25, 0.3) is 5.91 Å². The molecular weight excluding hydrogens is 288 g/mol. The number of hydrogen-bond donors (Lipinski definition) is 2. The Hall–Kier alpha value is -1.72. The van der Waals surface area contributed by atoms with Crippen LogP contribution in [0.5, 0.6) is 0 Å². The van der Waals surface area contributed by atoms with Crippen LogP contribution in [0, 0.1) is 0 Å². The monoisotopic (exact) mass is 304 g/mol. The van der Waals surface area contributed by atoms with Gasteiger partial charge in [0.1, 0.15) is 11.0 Å². The molecule has 2 rings (SSSR count). The standard InChI is InChI=1S/C15H16N2OS2/c1-2-10-8-9-20-13(10)15(18)17-12(14(16)19)11-6-4-3-5-7-11/h3-9,12H,2H2,1H3,(H2,16,19)(H,17,18). The van der Waals surface area contributed by atoms with E-state index in [9.17, 15) is 4.79 Å². The van der Waals surface area contributed by atoms with E-state index in [0.29, 0.717) is 0 Å². The van der Waals surface area contributed by atoms with Gasteiger partial charge in [-0.1, -0.05) is 49.5 Å². The van der Waals surface area contributed by atoms with Crippen molar-refractivity contribution < 1.29 is 4.79 Å². The fourth-order valence-corrected chi connectivity index (χ4v) is 3.07. The van der Waals surface area contributed by atoms with E-state index >= 15 is 0 Å². The Balaban J connectivity index is 2.21. The maximum Gasteiger partial charge on any atom is 0.262 e. The van der Waals surface area contributed by atoms with E-state index in [1.807, 2.05) is 48.7 Å². The first-order valence-corrected chi connectivity index (χ1v) is 7.63. The lowest BCUT2D eigenvalue weighted by Crippen LogP contribution is -2.36. The highest BCUT2D eigenvalue weighted by atomic mass is 32.1. The number of carbonyl (C=O) groups excluding carboxylic acids is 1. The maximum atomic E-state index is 12.4. The van der Waals surface area contributed by atoms with Gasteiger partial charge in [-0.2, -0.15) is 0 Å². The Bertz CT molecular complexity index is 607. The summed E-state index contributed by atoms with van der Waals surface area (Å²) in [5.74, 6) is -0.126. The molecule has 1 unspecified atom stereocenters. The zero-order valence-electron chi connectivity index (χ0n) is 11.1. The van der Waals surface area contributed by atoms with Crippen LogP contribution in [0.25, 0.3) is 0 Å². The summed E-state index contributed by atoms with van der Waals surface area (Å²) < 4.78 is 0. The molecule has 3 nitrogen and oxygen atoms in total. The van der Waals surface area contributed by atoms with Gasteiger partial charge in [0.2, 0.25) is 0 Å². The molecule has 0 aliphatic heterocycles. The molecule has 0 spiro atoms. The highest BCUT2D eigenvalue weighted by Gasteiger charge is 2.20. The summed E-state index contributed by atoms with van der Waals surface area (Å²) in [4.78, 5) is 13.3. The first-order chi connectivity index (χ1) is 9.63. The molecule has 0 saturated heterocycles. The summed E-state index contributed by atoms with van der Waals surface area (Å²) in [5.41, 5.74) is 7.70. The van der Waals surface area contributed by atoms with Crippen LogP contribution in [0.4, 0.5) is 0 Å². The number of benzene rings is 1. The van der Waals surface area contributed by atoms with Crippen LogP contribution < -0.4 is 11.1 Å². The van der Waals surface area contributed by atoms with Crippen LogP contribution in [0.3, 0.4) is 0 Å². The van der Waals surface area contributed by atoms with Crippen molar-refractivity contribution in [3.05, 3.63) is 57.8 Å². The lowest BCUT2D eigenvalue weighted by molar-refractivity contribution is 0.0950. The Morgan fingerprint density at radius 2 is 2.05 bits per heavy atom. The van der Waals surface area contributed by atoms with Gasteiger partial charge in [0.05, 0.1) is 4.88 Å². The van der Waals surface area contributed by atoms with Crippen molar-refractivity contribution in [3.8, 4) is 0 Å². The van der Waals surface area contributed by atoms with E-state index in [0.717, 1.165) is 22.4 Å². The smallest absolute Gasteiger partial charge is 0.262 e. The van der Waals surface area contributed by atoms with Crippen molar-refractivity contribution in [2.24, 2.45) is 5.73 Å². The molecule has 0 bridgehead atoms. The third kappa shape index (κ3) is 3.23. The van der Waals surface area contributed by atoms with Crippen LogP contribution in [0.2, 0.25) is 0 Å². The lowest BCUT2D eigenvalue weighted by atomic mass is 10.1. The van der Waals surface area contributed by atoms with Gasteiger partial charge in [-0.3, -0.25) is 4.79 Å². The number of nitrogens with two attached hydrogens (primary N) is 1. The Kier molecular flexibility index (Phi) is 4.87. The number of nitrogens with one attached hydrogen (secondary N) is 1. The van der Waals surface area contributed by atoms with Gasteiger partial charge in [-0.05, 0) is 29.0 Å². The molecule has 0 aliphatic carbocycles. The second-order valence-electron chi connectivity index (χ2n) is 4.35. The fraction of sp³-hybridized carbons (Fsp3) is 0.200. The van der Waals surface area contributed by atoms with Crippen LogP contribution in [-0.2, 0) is 6.42 Å². The molecule has 0 saturated carbocycles. The van der Waals surface area contributed by atoms with E-state index in [1.54, 1.807) is 0 Å². The third-order valence-corrected chi connectivity index (χ3v) is 4.22. The van der Waals surface area contributed by atoms with Crippen molar-refractivity contribution in [2.75, 3.05) is 0 Å². The molecule has 20 heavy (non-hydrogen) atoms. The van der Waals surface area contributed by atoms with Crippen molar-refractivity contribution in [2.45, 2.75) is 19.4 Å². The topological polar surface area (TPSA) is 55.1 Å². The lowest BCUT2D eigenvalue weighted by Gasteiger charge is -2.17. The van der Waals surface area contributed by atoms with Gasteiger partial charge in [-0.25, -0.2) is 0 Å². The third-order valence-electron chi connectivity index (χ3n) is 3.03. The zero-order chi connectivity index (χ0) is 14.5. The second kappa shape index (κ2) is 6.63.